The molecule has 21 heavy (non-hydrogen) atoms. The van der Waals surface area contributed by atoms with Crippen molar-refractivity contribution in [2.24, 2.45) is 0 Å². The van der Waals surface area contributed by atoms with Gasteiger partial charge in [-0.25, -0.2) is 0 Å². The van der Waals surface area contributed by atoms with Gasteiger partial charge in [0.05, 0.1) is 11.6 Å². The number of thiophene rings is 1. The lowest BCUT2D eigenvalue weighted by Crippen LogP contribution is -2.19. The van der Waals surface area contributed by atoms with Crippen LogP contribution in [0.15, 0.2) is 55.2 Å². The van der Waals surface area contributed by atoms with Crippen molar-refractivity contribution in [3.63, 3.8) is 0 Å². The van der Waals surface area contributed by atoms with Gasteiger partial charge in [-0.05, 0) is 23.6 Å². The van der Waals surface area contributed by atoms with Crippen LogP contribution in [-0.4, -0.2) is 14.7 Å². The standard InChI is InChI=1S/C14H9N3O3S/c18-14-10-2-5-19-11(10)1-4-17(14)7-12-15-13(16-20-12)9-3-6-21-8-9/h1-6,8H,7H2. The zero-order valence-corrected chi connectivity index (χ0v) is 11.5. The topological polar surface area (TPSA) is 74.1 Å². The highest BCUT2D eigenvalue weighted by Crippen LogP contribution is 2.19. The van der Waals surface area contributed by atoms with Gasteiger partial charge < -0.3 is 13.5 Å². The predicted molar refractivity (Wildman–Crippen MR) is 77.2 cm³/mol. The molecule has 0 atom stereocenters. The third-order valence-corrected chi connectivity index (χ3v) is 3.83. The number of nitrogens with zero attached hydrogens (tertiary/aromatic N) is 3. The van der Waals surface area contributed by atoms with Crippen LogP contribution in [0.2, 0.25) is 0 Å². The van der Waals surface area contributed by atoms with Gasteiger partial charge in [-0.3, -0.25) is 4.79 Å². The van der Waals surface area contributed by atoms with Gasteiger partial charge in [-0.15, -0.1) is 0 Å². The van der Waals surface area contributed by atoms with Crippen molar-refractivity contribution < 1.29 is 8.94 Å². The molecule has 0 aliphatic heterocycles. The lowest BCUT2D eigenvalue weighted by atomic mass is 10.3. The lowest BCUT2D eigenvalue weighted by Gasteiger charge is -2.00. The second-order valence-corrected chi connectivity index (χ2v) is 5.25. The Morgan fingerprint density at radius 1 is 1.29 bits per heavy atom. The van der Waals surface area contributed by atoms with E-state index in [1.54, 1.807) is 29.7 Å². The first-order valence-corrected chi connectivity index (χ1v) is 7.17. The predicted octanol–water partition coefficient (Wildman–Crippen LogP) is 2.75. The van der Waals surface area contributed by atoms with Crippen LogP contribution >= 0.6 is 11.3 Å². The van der Waals surface area contributed by atoms with Crippen molar-refractivity contribution in [2.75, 3.05) is 0 Å². The van der Waals surface area contributed by atoms with Crippen LogP contribution in [0.3, 0.4) is 0 Å². The van der Waals surface area contributed by atoms with E-state index in [4.69, 9.17) is 8.94 Å². The molecule has 0 unspecified atom stereocenters. The van der Waals surface area contributed by atoms with E-state index in [1.807, 2.05) is 16.8 Å². The van der Waals surface area contributed by atoms with Gasteiger partial charge >= 0.3 is 0 Å². The second kappa shape index (κ2) is 4.71. The van der Waals surface area contributed by atoms with Crippen LogP contribution in [0.4, 0.5) is 0 Å². The first-order valence-electron chi connectivity index (χ1n) is 6.23. The van der Waals surface area contributed by atoms with E-state index >= 15 is 0 Å². The van der Waals surface area contributed by atoms with Crippen molar-refractivity contribution >= 4 is 22.3 Å². The molecular weight excluding hydrogens is 290 g/mol. The third kappa shape index (κ3) is 2.07. The van der Waals surface area contributed by atoms with Gasteiger partial charge in [0.25, 0.3) is 5.56 Å². The molecule has 0 spiro atoms. The summed E-state index contributed by atoms with van der Waals surface area (Å²) in [5.74, 6) is 0.921. The minimum Gasteiger partial charge on any atom is -0.464 e. The summed E-state index contributed by atoms with van der Waals surface area (Å²) in [4.78, 5) is 16.5. The smallest absolute Gasteiger partial charge is 0.262 e. The summed E-state index contributed by atoms with van der Waals surface area (Å²) in [5, 5.41) is 8.35. The van der Waals surface area contributed by atoms with E-state index in [2.05, 4.69) is 10.1 Å². The monoisotopic (exact) mass is 299 g/mol. The molecule has 0 fully saturated rings. The highest BCUT2D eigenvalue weighted by atomic mass is 32.1. The van der Waals surface area contributed by atoms with Gasteiger partial charge in [0, 0.05) is 17.1 Å². The maximum Gasteiger partial charge on any atom is 0.262 e. The minimum atomic E-state index is -0.142. The molecule has 104 valence electrons. The molecule has 0 radical (unpaired) electrons. The lowest BCUT2D eigenvalue weighted by molar-refractivity contribution is 0.370. The molecule has 6 nitrogen and oxygen atoms in total. The Kier molecular flexibility index (Phi) is 2.71. The highest BCUT2D eigenvalue weighted by Gasteiger charge is 2.11. The molecule has 0 saturated heterocycles. The van der Waals surface area contributed by atoms with Gasteiger partial charge in [0.2, 0.25) is 11.7 Å². The van der Waals surface area contributed by atoms with Crippen molar-refractivity contribution in [2.45, 2.75) is 6.54 Å². The summed E-state index contributed by atoms with van der Waals surface area (Å²) >= 11 is 1.57. The molecule has 4 aromatic heterocycles. The van der Waals surface area contributed by atoms with Crippen molar-refractivity contribution in [3.8, 4) is 11.4 Å². The minimum absolute atomic E-state index is 0.142. The number of pyridine rings is 1. The van der Waals surface area contributed by atoms with Gasteiger partial charge in [0.1, 0.15) is 12.1 Å². The van der Waals surface area contributed by atoms with Crippen molar-refractivity contribution in [1.82, 2.24) is 14.7 Å². The Hall–Kier alpha value is -2.67. The fourth-order valence-electron chi connectivity index (χ4n) is 2.11. The van der Waals surface area contributed by atoms with Gasteiger partial charge in [-0.1, -0.05) is 5.16 Å². The number of hydrogen-bond acceptors (Lipinski definition) is 6. The molecule has 0 bridgehead atoms. The maximum atomic E-state index is 12.2. The molecule has 0 saturated carbocycles. The fourth-order valence-corrected chi connectivity index (χ4v) is 2.74. The van der Waals surface area contributed by atoms with Crippen molar-refractivity contribution in [3.05, 3.63) is 57.7 Å². The van der Waals surface area contributed by atoms with E-state index in [0.29, 0.717) is 22.7 Å². The number of fused-ring (bicyclic) bond motifs is 1. The largest absolute Gasteiger partial charge is 0.464 e. The first kappa shape index (κ1) is 12.1. The third-order valence-electron chi connectivity index (χ3n) is 3.15. The van der Waals surface area contributed by atoms with Crippen LogP contribution in [0.25, 0.3) is 22.4 Å². The van der Waals surface area contributed by atoms with Crippen molar-refractivity contribution in [1.29, 1.82) is 0 Å². The molecule has 7 heteroatoms. The van der Waals surface area contributed by atoms with Crippen LogP contribution in [0.1, 0.15) is 5.89 Å². The summed E-state index contributed by atoms with van der Waals surface area (Å²) in [5.41, 5.74) is 1.34. The van der Waals surface area contributed by atoms with E-state index in [9.17, 15) is 4.79 Å². The Morgan fingerprint density at radius 2 is 2.24 bits per heavy atom. The highest BCUT2D eigenvalue weighted by molar-refractivity contribution is 7.08. The molecule has 0 aliphatic rings. The Balaban J connectivity index is 1.68. The maximum absolute atomic E-state index is 12.2. The molecule has 0 aliphatic carbocycles. The first-order chi connectivity index (χ1) is 10.3. The average Bonchev–Trinajstić information content (AvgIpc) is 3.21. The molecule has 4 rings (SSSR count). The summed E-state index contributed by atoms with van der Waals surface area (Å²) in [6, 6.07) is 5.31. The van der Waals surface area contributed by atoms with Gasteiger partial charge in [0.15, 0.2) is 0 Å². The van der Waals surface area contributed by atoms with Crippen LogP contribution < -0.4 is 5.56 Å². The van der Waals surface area contributed by atoms with Crippen LogP contribution in [0, 0.1) is 0 Å². The molecule has 4 heterocycles. The van der Waals surface area contributed by atoms with E-state index in [1.165, 1.54) is 10.8 Å². The van der Waals surface area contributed by atoms with E-state index < -0.39 is 0 Å². The molecule has 0 N–H and O–H groups in total. The normalized spacial score (nSPS) is 11.2. The van der Waals surface area contributed by atoms with E-state index in [-0.39, 0.29) is 12.1 Å². The van der Waals surface area contributed by atoms with Gasteiger partial charge in [-0.2, -0.15) is 16.3 Å². The Labute approximate surface area is 122 Å². The Bertz CT molecular complexity index is 949. The second-order valence-electron chi connectivity index (χ2n) is 4.47. The zero-order chi connectivity index (χ0) is 14.2. The molecule has 0 aromatic carbocycles. The van der Waals surface area contributed by atoms with Crippen LogP contribution in [0.5, 0.6) is 0 Å². The summed E-state index contributed by atoms with van der Waals surface area (Å²) in [6.07, 6.45) is 3.15. The zero-order valence-electron chi connectivity index (χ0n) is 10.7. The Morgan fingerprint density at radius 3 is 3.10 bits per heavy atom. The number of furan rings is 1. The molecule has 0 amide bonds. The average molecular weight is 299 g/mol. The van der Waals surface area contributed by atoms with Crippen LogP contribution in [-0.2, 0) is 6.54 Å². The summed E-state index contributed by atoms with van der Waals surface area (Å²) in [6.45, 7) is 0.233. The van der Waals surface area contributed by atoms with E-state index in [0.717, 1.165) is 5.56 Å². The number of hydrogen-bond donors (Lipinski definition) is 0. The summed E-state index contributed by atoms with van der Waals surface area (Å²) in [7, 11) is 0. The number of aromatic nitrogens is 3. The summed E-state index contributed by atoms with van der Waals surface area (Å²) < 4.78 is 11.9. The molecular formula is C14H9N3O3S. The SMILES string of the molecule is O=c1c2ccoc2ccn1Cc1nc(-c2ccsc2)no1. The quantitative estimate of drug-likeness (QED) is 0.581. The number of rotatable bonds is 3. The fraction of sp³-hybridized carbons (Fsp3) is 0.0714. The molecule has 4 aromatic rings.